The zero-order chi connectivity index (χ0) is 19.0. The quantitative estimate of drug-likeness (QED) is 0.587. The monoisotopic (exact) mass is 376 g/mol. The van der Waals surface area contributed by atoms with E-state index in [1.807, 2.05) is 65.6 Å². The molecule has 0 aromatic heterocycles. The Balaban J connectivity index is 1.81. The van der Waals surface area contributed by atoms with Crippen LogP contribution in [0.5, 0.6) is 0 Å². The number of rotatable bonds is 3. The Labute approximate surface area is 164 Å². The molecular formula is C23H21ClN2O. The number of hydrogen-bond acceptors (Lipinski definition) is 2. The fourth-order valence-corrected chi connectivity index (χ4v) is 3.54. The second kappa shape index (κ2) is 7.09. The van der Waals surface area contributed by atoms with Gasteiger partial charge in [0.1, 0.15) is 6.17 Å². The molecule has 3 aromatic carbocycles. The van der Waals surface area contributed by atoms with Crippen molar-refractivity contribution in [2.45, 2.75) is 25.9 Å². The summed E-state index contributed by atoms with van der Waals surface area (Å²) in [5.41, 5.74) is 4.62. The Kier molecular flexibility index (Phi) is 4.63. The highest BCUT2D eigenvalue weighted by Crippen LogP contribution is 2.37. The number of hydrogen-bond donors (Lipinski definition) is 1. The third kappa shape index (κ3) is 3.31. The Hall–Kier alpha value is -2.78. The fourth-order valence-electron chi connectivity index (χ4n) is 3.42. The van der Waals surface area contributed by atoms with Gasteiger partial charge in [0.2, 0.25) is 0 Å². The van der Waals surface area contributed by atoms with Crippen LogP contribution in [0.1, 0.15) is 47.4 Å². The molecule has 1 atom stereocenters. The Morgan fingerprint density at radius 1 is 0.926 bits per heavy atom. The number of amides is 1. The van der Waals surface area contributed by atoms with Crippen LogP contribution in [0.15, 0.2) is 72.8 Å². The van der Waals surface area contributed by atoms with Gasteiger partial charge in [0.15, 0.2) is 0 Å². The maximum absolute atomic E-state index is 13.3. The van der Waals surface area contributed by atoms with E-state index in [0.29, 0.717) is 16.5 Å². The molecule has 3 aromatic rings. The molecule has 0 bridgehead atoms. The zero-order valence-corrected chi connectivity index (χ0v) is 16.1. The summed E-state index contributed by atoms with van der Waals surface area (Å²) in [4.78, 5) is 15.2. The van der Waals surface area contributed by atoms with E-state index in [2.05, 4.69) is 31.3 Å². The Bertz CT molecular complexity index is 964. The average Bonchev–Trinajstić information content (AvgIpc) is 2.69. The normalized spacial score (nSPS) is 16.2. The lowest BCUT2D eigenvalue weighted by molar-refractivity contribution is 0.0975. The molecule has 136 valence electrons. The van der Waals surface area contributed by atoms with Gasteiger partial charge in [0.05, 0.1) is 5.56 Å². The molecule has 1 aliphatic heterocycles. The second-order valence-electron chi connectivity index (χ2n) is 7.07. The average molecular weight is 377 g/mol. The van der Waals surface area contributed by atoms with Crippen molar-refractivity contribution in [1.29, 1.82) is 0 Å². The summed E-state index contributed by atoms with van der Waals surface area (Å²) in [5, 5.41) is 4.19. The van der Waals surface area contributed by atoms with Crippen LogP contribution < -0.4 is 10.2 Å². The van der Waals surface area contributed by atoms with Crippen molar-refractivity contribution in [3.05, 3.63) is 94.5 Å². The molecule has 0 saturated heterocycles. The lowest BCUT2D eigenvalue weighted by atomic mass is 10.0. The number of para-hydroxylation sites is 1. The number of fused-ring (bicyclic) bond motifs is 1. The van der Waals surface area contributed by atoms with E-state index < -0.39 is 0 Å². The first kappa shape index (κ1) is 17.6. The van der Waals surface area contributed by atoms with Crippen LogP contribution in [0.25, 0.3) is 0 Å². The summed E-state index contributed by atoms with van der Waals surface area (Å²) in [6.07, 6.45) is -0.297. The first-order chi connectivity index (χ1) is 13.0. The summed E-state index contributed by atoms with van der Waals surface area (Å²) >= 11 is 6.06. The first-order valence-corrected chi connectivity index (χ1v) is 9.47. The molecule has 1 N–H and O–H groups in total. The van der Waals surface area contributed by atoms with Gasteiger partial charge in [0.25, 0.3) is 5.91 Å². The minimum atomic E-state index is -0.297. The molecule has 1 amide bonds. The Morgan fingerprint density at radius 2 is 1.59 bits per heavy atom. The third-order valence-corrected chi connectivity index (χ3v) is 5.20. The fraction of sp³-hybridized carbons (Fsp3) is 0.174. The van der Waals surface area contributed by atoms with Gasteiger partial charge < -0.3 is 5.32 Å². The van der Waals surface area contributed by atoms with Gasteiger partial charge in [-0.3, -0.25) is 9.69 Å². The SMILES string of the molecule is CC(C)c1ccc(N2C(=O)c3ccccc3NC2c2ccc(Cl)cc2)cc1. The molecule has 0 fully saturated rings. The molecular weight excluding hydrogens is 356 g/mol. The van der Waals surface area contributed by atoms with Crippen LogP contribution in [0.2, 0.25) is 5.02 Å². The number of nitrogens with zero attached hydrogens (tertiary/aromatic N) is 1. The van der Waals surface area contributed by atoms with E-state index in [1.54, 1.807) is 0 Å². The van der Waals surface area contributed by atoms with Crippen molar-refractivity contribution in [3.63, 3.8) is 0 Å². The molecule has 0 radical (unpaired) electrons. The lowest BCUT2D eigenvalue weighted by Crippen LogP contribution is -2.43. The van der Waals surface area contributed by atoms with Crippen LogP contribution in [0.3, 0.4) is 0 Å². The van der Waals surface area contributed by atoms with Crippen LogP contribution in [0.4, 0.5) is 11.4 Å². The summed E-state index contributed by atoms with van der Waals surface area (Å²) in [7, 11) is 0. The minimum absolute atomic E-state index is 0.0124. The van der Waals surface area contributed by atoms with Crippen LogP contribution in [-0.4, -0.2) is 5.91 Å². The number of nitrogens with one attached hydrogen (secondary N) is 1. The number of carbonyl (C=O) groups excluding carboxylic acids is 1. The maximum atomic E-state index is 13.3. The van der Waals surface area contributed by atoms with E-state index in [4.69, 9.17) is 11.6 Å². The van der Waals surface area contributed by atoms with Crippen molar-refractivity contribution < 1.29 is 4.79 Å². The summed E-state index contributed by atoms with van der Waals surface area (Å²) in [5.74, 6) is 0.434. The highest BCUT2D eigenvalue weighted by molar-refractivity contribution is 6.30. The molecule has 0 saturated carbocycles. The molecule has 4 rings (SSSR count). The highest BCUT2D eigenvalue weighted by atomic mass is 35.5. The zero-order valence-electron chi connectivity index (χ0n) is 15.3. The van der Waals surface area contributed by atoms with Gasteiger partial charge in [-0.2, -0.15) is 0 Å². The third-order valence-electron chi connectivity index (χ3n) is 4.95. The predicted molar refractivity (Wildman–Crippen MR) is 112 cm³/mol. The van der Waals surface area contributed by atoms with E-state index in [9.17, 15) is 4.79 Å². The molecule has 27 heavy (non-hydrogen) atoms. The van der Waals surface area contributed by atoms with Crippen molar-refractivity contribution in [1.82, 2.24) is 0 Å². The summed E-state index contributed by atoms with van der Waals surface area (Å²) in [6.45, 7) is 4.32. The standard InChI is InChI=1S/C23H21ClN2O/c1-15(2)16-9-13-19(14-10-16)26-22(17-7-11-18(24)12-8-17)25-21-6-4-3-5-20(21)23(26)27/h3-15,22,25H,1-2H3. The van der Waals surface area contributed by atoms with Crippen LogP contribution in [0, 0.1) is 0 Å². The minimum Gasteiger partial charge on any atom is -0.360 e. The highest BCUT2D eigenvalue weighted by Gasteiger charge is 2.33. The summed E-state index contributed by atoms with van der Waals surface area (Å²) in [6, 6.07) is 23.5. The van der Waals surface area contributed by atoms with Gasteiger partial charge in [0, 0.05) is 16.4 Å². The van der Waals surface area contributed by atoms with E-state index in [0.717, 1.165) is 16.9 Å². The van der Waals surface area contributed by atoms with E-state index in [-0.39, 0.29) is 12.1 Å². The molecule has 1 heterocycles. The lowest BCUT2D eigenvalue weighted by Gasteiger charge is -2.38. The number of halogens is 1. The molecule has 4 heteroatoms. The molecule has 0 spiro atoms. The maximum Gasteiger partial charge on any atom is 0.262 e. The topological polar surface area (TPSA) is 32.3 Å². The van der Waals surface area contributed by atoms with Crippen molar-refractivity contribution >= 4 is 28.9 Å². The largest absolute Gasteiger partial charge is 0.360 e. The van der Waals surface area contributed by atoms with Gasteiger partial charge in [-0.15, -0.1) is 0 Å². The van der Waals surface area contributed by atoms with Crippen molar-refractivity contribution in [2.24, 2.45) is 0 Å². The van der Waals surface area contributed by atoms with Crippen LogP contribution in [-0.2, 0) is 0 Å². The summed E-state index contributed by atoms with van der Waals surface area (Å²) < 4.78 is 0. The second-order valence-corrected chi connectivity index (χ2v) is 7.50. The van der Waals surface area contributed by atoms with Gasteiger partial charge in [-0.1, -0.05) is 61.8 Å². The molecule has 3 nitrogen and oxygen atoms in total. The van der Waals surface area contributed by atoms with Gasteiger partial charge >= 0.3 is 0 Å². The van der Waals surface area contributed by atoms with Crippen LogP contribution >= 0.6 is 11.6 Å². The number of benzene rings is 3. The van der Waals surface area contributed by atoms with Crippen molar-refractivity contribution in [2.75, 3.05) is 10.2 Å². The smallest absolute Gasteiger partial charge is 0.262 e. The number of anilines is 2. The van der Waals surface area contributed by atoms with E-state index in [1.165, 1.54) is 5.56 Å². The predicted octanol–water partition coefficient (Wildman–Crippen LogP) is 6.23. The molecule has 1 unspecified atom stereocenters. The first-order valence-electron chi connectivity index (χ1n) is 9.09. The Morgan fingerprint density at radius 3 is 2.26 bits per heavy atom. The van der Waals surface area contributed by atoms with Crippen molar-refractivity contribution in [3.8, 4) is 0 Å². The molecule has 1 aliphatic rings. The van der Waals surface area contributed by atoms with E-state index >= 15 is 0 Å². The number of carbonyl (C=O) groups is 1. The van der Waals surface area contributed by atoms with Gasteiger partial charge in [-0.25, -0.2) is 0 Å². The molecule has 0 aliphatic carbocycles. The van der Waals surface area contributed by atoms with Gasteiger partial charge in [-0.05, 0) is 53.4 Å².